The molecule has 3 aromatic heterocycles. The molecular formula is C37H30Cl2N6O2. The van der Waals surface area contributed by atoms with Crippen molar-refractivity contribution in [3.63, 3.8) is 0 Å². The van der Waals surface area contributed by atoms with Crippen molar-refractivity contribution in [2.45, 2.75) is 38.0 Å². The number of hydrogen-bond donors (Lipinski definition) is 3. The van der Waals surface area contributed by atoms with E-state index in [1.54, 1.807) is 6.20 Å². The van der Waals surface area contributed by atoms with E-state index in [4.69, 9.17) is 38.3 Å². The highest BCUT2D eigenvalue weighted by Gasteiger charge is 2.27. The average molecular weight is 662 g/mol. The summed E-state index contributed by atoms with van der Waals surface area (Å²) in [4.78, 5) is 11.6. The first kappa shape index (κ1) is 29.9. The summed E-state index contributed by atoms with van der Waals surface area (Å²) in [6.07, 6.45) is 5.74. The van der Waals surface area contributed by atoms with Crippen LogP contribution in [0.4, 0.5) is 11.5 Å². The number of β-amino-alcohol motifs (C(OH)–C–C–N with tert-alkyl or cyclic N) is 1. The zero-order chi connectivity index (χ0) is 32.2. The Morgan fingerprint density at radius 2 is 1.81 bits per heavy atom. The highest BCUT2D eigenvalue weighted by molar-refractivity contribution is 6.39. The molecule has 0 saturated carbocycles. The lowest BCUT2D eigenvalue weighted by Crippen LogP contribution is -2.21. The van der Waals surface area contributed by atoms with Crippen LogP contribution in [0.2, 0.25) is 10.0 Å². The second kappa shape index (κ2) is 11.9. The van der Waals surface area contributed by atoms with Crippen molar-refractivity contribution in [1.29, 1.82) is 5.26 Å². The van der Waals surface area contributed by atoms with Crippen LogP contribution < -0.4 is 11.1 Å². The number of aliphatic hydroxyl groups excluding tert-OH is 1. The fourth-order valence-electron chi connectivity index (χ4n) is 6.94. The van der Waals surface area contributed by atoms with Crippen LogP contribution in [0.25, 0.3) is 44.3 Å². The Morgan fingerprint density at radius 1 is 1.00 bits per heavy atom. The Morgan fingerprint density at radius 3 is 2.62 bits per heavy atom. The molecule has 4 N–H and O–H groups in total. The molecule has 1 saturated heterocycles. The second-order valence-corrected chi connectivity index (χ2v) is 13.1. The van der Waals surface area contributed by atoms with Crippen molar-refractivity contribution in [2.24, 2.45) is 5.73 Å². The largest absolute Gasteiger partial charge is 0.455 e. The molecule has 0 unspecified atom stereocenters. The number of aromatic nitrogens is 2. The molecule has 0 bridgehead atoms. The molecule has 0 radical (unpaired) electrons. The first-order valence-corrected chi connectivity index (χ1v) is 16.4. The molecular weight excluding hydrogens is 631 g/mol. The van der Waals surface area contributed by atoms with E-state index in [0.717, 1.165) is 76.5 Å². The first-order chi connectivity index (χ1) is 22.9. The number of nitrogens with two attached hydrogens (primary N) is 1. The van der Waals surface area contributed by atoms with Crippen molar-refractivity contribution in [1.82, 2.24) is 14.9 Å². The number of pyridine rings is 2. The number of anilines is 2. The van der Waals surface area contributed by atoms with Gasteiger partial charge in [-0.15, -0.1) is 0 Å². The van der Waals surface area contributed by atoms with E-state index in [1.807, 2.05) is 60.8 Å². The predicted molar refractivity (Wildman–Crippen MR) is 186 cm³/mol. The molecule has 2 atom stereocenters. The first-order valence-electron chi connectivity index (χ1n) is 15.6. The van der Waals surface area contributed by atoms with Crippen LogP contribution in [-0.4, -0.2) is 39.2 Å². The van der Waals surface area contributed by atoms with Crippen molar-refractivity contribution in [3.8, 4) is 28.5 Å². The van der Waals surface area contributed by atoms with E-state index < -0.39 is 0 Å². The van der Waals surface area contributed by atoms with Crippen molar-refractivity contribution in [2.75, 3.05) is 18.4 Å². The van der Waals surface area contributed by atoms with Crippen molar-refractivity contribution < 1.29 is 9.52 Å². The highest BCUT2D eigenvalue weighted by atomic mass is 35.5. The summed E-state index contributed by atoms with van der Waals surface area (Å²) in [5.41, 5.74) is 14.1. The molecule has 3 aromatic carbocycles. The van der Waals surface area contributed by atoms with Crippen molar-refractivity contribution >= 4 is 56.6 Å². The van der Waals surface area contributed by atoms with Gasteiger partial charge in [0.2, 0.25) is 0 Å². The maximum absolute atomic E-state index is 9.99. The molecule has 10 heteroatoms. The number of aliphatic hydroxyl groups is 1. The number of furan rings is 1. The minimum Gasteiger partial charge on any atom is -0.455 e. The molecule has 2 aliphatic rings. The summed E-state index contributed by atoms with van der Waals surface area (Å²) < 4.78 is 6.31. The van der Waals surface area contributed by atoms with Gasteiger partial charge in [-0.3, -0.25) is 9.88 Å². The summed E-state index contributed by atoms with van der Waals surface area (Å²) in [5.74, 6) is 1.16. The fraction of sp³-hybridized carbons (Fsp3) is 0.216. The van der Waals surface area contributed by atoms with Crippen LogP contribution in [0, 0.1) is 11.3 Å². The van der Waals surface area contributed by atoms with Crippen LogP contribution in [-0.2, 0) is 13.0 Å². The lowest BCUT2D eigenvalue weighted by atomic mass is 9.99. The number of nitrogens with zero attached hydrogens (tertiary/aromatic N) is 4. The maximum Gasteiger partial charge on any atom is 0.156 e. The number of halogens is 2. The molecule has 6 aromatic rings. The van der Waals surface area contributed by atoms with Gasteiger partial charge in [-0.25, -0.2) is 4.98 Å². The number of rotatable bonds is 6. The number of hydrogen-bond acceptors (Lipinski definition) is 8. The summed E-state index contributed by atoms with van der Waals surface area (Å²) in [6, 6.07) is 21.7. The van der Waals surface area contributed by atoms with Gasteiger partial charge in [0, 0.05) is 65.5 Å². The topological polar surface area (TPSA) is 124 Å². The standard InChI is InChI=1S/C37H30Cl2N6O2/c38-33-25(3-1-5-27(33)32-15-22-14-28-24(7-8-30(28)41)29(16-40)36(22)47-32)26-4-2-6-31(34(26)39)44-37-35-21(9-11-42-37)13-20(17-43-35)18-45-12-10-23(46)19-45/h1-6,9,11,13-15,17,23,30,46H,7-8,10,12,18-19,41H2,(H,42,44)/t23-,30-/m1/s1. The van der Waals surface area contributed by atoms with Gasteiger partial charge in [0.25, 0.3) is 0 Å². The molecule has 0 amide bonds. The number of nitriles is 1. The molecule has 0 spiro atoms. The monoisotopic (exact) mass is 660 g/mol. The molecule has 8 rings (SSSR count). The molecule has 4 heterocycles. The van der Waals surface area contributed by atoms with Gasteiger partial charge in [-0.2, -0.15) is 5.26 Å². The van der Waals surface area contributed by atoms with Crippen LogP contribution in [0.1, 0.15) is 41.1 Å². The van der Waals surface area contributed by atoms with Gasteiger partial charge in [0.1, 0.15) is 17.3 Å². The van der Waals surface area contributed by atoms with Gasteiger partial charge in [-0.1, -0.05) is 47.5 Å². The van der Waals surface area contributed by atoms with Crippen LogP contribution in [0.5, 0.6) is 0 Å². The molecule has 8 nitrogen and oxygen atoms in total. The summed E-state index contributed by atoms with van der Waals surface area (Å²) in [6.45, 7) is 2.30. The lowest BCUT2D eigenvalue weighted by molar-refractivity contribution is 0.175. The zero-order valence-electron chi connectivity index (χ0n) is 25.3. The predicted octanol–water partition coefficient (Wildman–Crippen LogP) is 8.14. The van der Waals surface area contributed by atoms with Crippen LogP contribution >= 0.6 is 23.2 Å². The minimum atomic E-state index is -0.260. The third-order valence-corrected chi connectivity index (χ3v) is 10.1. The number of nitrogens with one attached hydrogen (secondary N) is 1. The smallest absolute Gasteiger partial charge is 0.156 e. The van der Waals surface area contributed by atoms with E-state index in [9.17, 15) is 10.4 Å². The molecule has 1 aliphatic carbocycles. The second-order valence-electron chi connectivity index (χ2n) is 12.3. The number of benzene rings is 3. The van der Waals surface area contributed by atoms with Gasteiger partial charge in [-0.05, 0) is 72.4 Å². The molecule has 234 valence electrons. The van der Waals surface area contributed by atoms with E-state index in [-0.39, 0.29) is 12.1 Å². The Balaban J connectivity index is 1.12. The minimum absolute atomic E-state index is 0.0808. The van der Waals surface area contributed by atoms with Gasteiger partial charge in [0.15, 0.2) is 11.4 Å². The van der Waals surface area contributed by atoms with Gasteiger partial charge in [0.05, 0.1) is 27.4 Å². The third-order valence-electron chi connectivity index (χ3n) is 9.28. The lowest BCUT2D eigenvalue weighted by Gasteiger charge is -2.16. The zero-order valence-corrected chi connectivity index (χ0v) is 26.8. The Labute approximate surface area is 281 Å². The third kappa shape index (κ3) is 5.31. The fourth-order valence-corrected chi connectivity index (χ4v) is 7.54. The van der Waals surface area contributed by atoms with Crippen LogP contribution in [0.15, 0.2) is 77.5 Å². The Bertz CT molecular complexity index is 2240. The number of likely N-dealkylation sites (tertiary alicyclic amines) is 1. The molecule has 1 aliphatic heterocycles. The van der Waals surface area contributed by atoms with E-state index in [2.05, 4.69) is 27.3 Å². The van der Waals surface area contributed by atoms with Gasteiger partial charge < -0.3 is 20.6 Å². The number of fused-ring (bicyclic) bond motifs is 3. The summed E-state index contributed by atoms with van der Waals surface area (Å²) >= 11 is 14.1. The van der Waals surface area contributed by atoms with Crippen LogP contribution in [0.3, 0.4) is 0 Å². The Kier molecular flexibility index (Phi) is 7.60. The normalized spacial score (nSPS) is 17.8. The van der Waals surface area contributed by atoms with E-state index >= 15 is 0 Å². The molecule has 47 heavy (non-hydrogen) atoms. The highest BCUT2D eigenvalue weighted by Crippen LogP contribution is 2.44. The average Bonchev–Trinajstić information content (AvgIpc) is 3.79. The maximum atomic E-state index is 9.99. The SMILES string of the molecule is N#Cc1c2c(cc3cc(-c4cccc(-c5cccc(Nc6nccc7cc(CN8CC[C@@H](O)C8)cnc67)c5Cl)c4Cl)oc13)[C@H](N)CC2. The van der Waals surface area contributed by atoms with E-state index in [1.165, 1.54) is 0 Å². The Hall–Kier alpha value is -4.49. The molecule has 1 fully saturated rings. The van der Waals surface area contributed by atoms with Gasteiger partial charge >= 0.3 is 0 Å². The summed E-state index contributed by atoms with van der Waals surface area (Å²) in [5, 5.41) is 26.0. The van der Waals surface area contributed by atoms with E-state index in [0.29, 0.717) is 50.6 Å². The summed E-state index contributed by atoms with van der Waals surface area (Å²) in [7, 11) is 0. The van der Waals surface area contributed by atoms with Crippen molar-refractivity contribution in [3.05, 3.63) is 105 Å². The quantitative estimate of drug-likeness (QED) is 0.163.